The third kappa shape index (κ3) is 2.40. The fourth-order valence-corrected chi connectivity index (χ4v) is 2.32. The number of carboxylic acid groups (broad SMARTS) is 1. The molecule has 0 aliphatic rings. The fourth-order valence-electron chi connectivity index (χ4n) is 0.820. The van der Waals surface area contributed by atoms with Gasteiger partial charge in [0.05, 0.1) is 5.69 Å². The molecule has 0 saturated carbocycles. The SMILES string of the molecule is Cc1nsc(NS(N)(=O)=O)c1C(=O)O. The zero-order chi connectivity index (χ0) is 10.9. The van der Waals surface area contributed by atoms with Gasteiger partial charge in [0.1, 0.15) is 10.6 Å². The maximum Gasteiger partial charge on any atom is 0.340 e. The molecule has 0 atom stereocenters. The van der Waals surface area contributed by atoms with Crippen molar-refractivity contribution in [3.05, 3.63) is 11.3 Å². The van der Waals surface area contributed by atoms with E-state index < -0.39 is 16.2 Å². The van der Waals surface area contributed by atoms with Crippen molar-refractivity contribution in [2.45, 2.75) is 6.92 Å². The van der Waals surface area contributed by atoms with Crippen LogP contribution in [0.1, 0.15) is 16.1 Å². The highest BCUT2D eigenvalue weighted by atomic mass is 32.2. The lowest BCUT2D eigenvalue weighted by Gasteiger charge is -2.00. The molecule has 0 radical (unpaired) electrons. The Labute approximate surface area is 83.9 Å². The third-order valence-corrected chi connectivity index (χ3v) is 2.78. The van der Waals surface area contributed by atoms with Crippen LogP contribution >= 0.6 is 11.5 Å². The molecular formula is C5H7N3O4S2. The van der Waals surface area contributed by atoms with Crippen molar-refractivity contribution >= 4 is 32.7 Å². The smallest absolute Gasteiger partial charge is 0.340 e. The Kier molecular flexibility index (Phi) is 2.73. The largest absolute Gasteiger partial charge is 0.478 e. The zero-order valence-corrected chi connectivity index (χ0v) is 8.65. The first-order valence-corrected chi connectivity index (χ1v) is 5.63. The summed E-state index contributed by atoms with van der Waals surface area (Å²) in [4.78, 5) is 10.7. The summed E-state index contributed by atoms with van der Waals surface area (Å²) in [6.45, 7) is 1.47. The number of nitrogens with one attached hydrogen (secondary N) is 1. The second-order valence-corrected chi connectivity index (χ2v) is 4.49. The molecular weight excluding hydrogens is 230 g/mol. The zero-order valence-electron chi connectivity index (χ0n) is 7.01. The number of aromatic carboxylic acids is 1. The molecule has 1 rings (SSSR count). The Morgan fingerprint density at radius 3 is 2.64 bits per heavy atom. The number of anilines is 1. The molecule has 7 nitrogen and oxygen atoms in total. The van der Waals surface area contributed by atoms with Crippen LogP contribution in [-0.2, 0) is 10.2 Å². The van der Waals surface area contributed by atoms with Gasteiger partial charge in [0.2, 0.25) is 0 Å². The molecule has 0 aromatic carbocycles. The molecule has 9 heteroatoms. The molecule has 0 spiro atoms. The van der Waals surface area contributed by atoms with Crippen LogP contribution in [0.15, 0.2) is 0 Å². The van der Waals surface area contributed by atoms with Gasteiger partial charge in [-0.05, 0) is 18.5 Å². The van der Waals surface area contributed by atoms with Crippen LogP contribution in [0.25, 0.3) is 0 Å². The fraction of sp³-hybridized carbons (Fsp3) is 0.200. The van der Waals surface area contributed by atoms with E-state index in [2.05, 4.69) is 4.37 Å². The Bertz CT molecular complexity index is 463. The quantitative estimate of drug-likeness (QED) is 0.669. The Morgan fingerprint density at radius 1 is 1.64 bits per heavy atom. The van der Waals surface area contributed by atoms with Gasteiger partial charge >= 0.3 is 5.97 Å². The number of hydrogen-bond donors (Lipinski definition) is 3. The molecule has 1 heterocycles. The first-order chi connectivity index (χ1) is 6.31. The van der Waals surface area contributed by atoms with Gasteiger partial charge in [-0.3, -0.25) is 4.72 Å². The van der Waals surface area contributed by atoms with Crippen molar-refractivity contribution in [3.8, 4) is 0 Å². The first kappa shape index (κ1) is 10.9. The molecule has 1 aromatic rings. The molecule has 0 saturated heterocycles. The number of carboxylic acids is 1. The molecule has 0 aliphatic heterocycles. The van der Waals surface area contributed by atoms with E-state index in [1.54, 1.807) is 0 Å². The highest BCUT2D eigenvalue weighted by Crippen LogP contribution is 2.24. The summed E-state index contributed by atoms with van der Waals surface area (Å²) in [6, 6.07) is 0. The van der Waals surface area contributed by atoms with E-state index in [1.807, 2.05) is 4.72 Å². The summed E-state index contributed by atoms with van der Waals surface area (Å²) in [5.41, 5.74) is 0.0673. The van der Waals surface area contributed by atoms with Gasteiger partial charge in [0.15, 0.2) is 0 Å². The molecule has 14 heavy (non-hydrogen) atoms. The van der Waals surface area contributed by atoms with Crippen molar-refractivity contribution in [3.63, 3.8) is 0 Å². The van der Waals surface area contributed by atoms with Crippen molar-refractivity contribution in [1.29, 1.82) is 0 Å². The first-order valence-electron chi connectivity index (χ1n) is 3.31. The second kappa shape index (κ2) is 3.52. The highest BCUT2D eigenvalue weighted by molar-refractivity contribution is 7.90. The van der Waals surface area contributed by atoms with E-state index in [9.17, 15) is 13.2 Å². The van der Waals surface area contributed by atoms with Crippen molar-refractivity contribution in [1.82, 2.24) is 4.37 Å². The van der Waals surface area contributed by atoms with Crippen LogP contribution in [0.2, 0.25) is 0 Å². The second-order valence-electron chi connectivity index (χ2n) is 2.42. The van der Waals surface area contributed by atoms with Crippen molar-refractivity contribution < 1.29 is 18.3 Å². The number of hydrogen-bond acceptors (Lipinski definition) is 5. The standard InChI is InChI=1S/C5H7N3O4S2/c1-2-3(5(9)10)4(13-7-2)8-14(6,11)12/h8H,1H3,(H,9,10)(H2,6,11,12). The molecule has 0 bridgehead atoms. The average molecular weight is 237 g/mol. The molecule has 78 valence electrons. The normalized spacial score (nSPS) is 11.3. The van der Waals surface area contributed by atoms with E-state index in [4.69, 9.17) is 10.2 Å². The number of nitrogens with two attached hydrogens (primary N) is 1. The van der Waals surface area contributed by atoms with E-state index in [0.717, 1.165) is 11.5 Å². The summed E-state index contributed by atoms with van der Waals surface area (Å²) in [5, 5.41) is 13.3. The van der Waals surface area contributed by atoms with Gasteiger partial charge < -0.3 is 5.11 Å². The summed E-state index contributed by atoms with van der Waals surface area (Å²) in [6.07, 6.45) is 0. The van der Waals surface area contributed by atoms with Gasteiger partial charge in [-0.15, -0.1) is 0 Å². The number of aryl methyl sites for hydroxylation is 1. The third-order valence-electron chi connectivity index (χ3n) is 1.31. The predicted octanol–water partition coefficient (Wildman–Crippen LogP) is -0.235. The van der Waals surface area contributed by atoms with Crippen LogP contribution in [0.4, 0.5) is 5.00 Å². The molecule has 4 N–H and O–H groups in total. The monoisotopic (exact) mass is 237 g/mol. The van der Waals surface area contributed by atoms with Crippen LogP contribution in [0, 0.1) is 6.92 Å². The molecule has 0 unspecified atom stereocenters. The molecule has 0 amide bonds. The Morgan fingerprint density at radius 2 is 2.21 bits per heavy atom. The predicted molar refractivity (Wildman–Crippen MR) is 50.5 cm³/mol. The maximum atomic E-state index is 10.7. The minimum absolute atomic E-state index is 0.0856. The lowest BCUT2D eigenvalue weighted by Crippen LogP contribution is -2.22. The van der Waals surface area contributed by atoms with Gasteiger partial charge in [-0.2, -0.15) is 12.8 Å². The van der Waals surface area contributed by atoms with Crippen molar-refractivity contribution in [2.24, 2.45) is 5.14 Å². The van der Waals surface area contributed by atoms with Gasteiger partial charge in [0, 0.05) is 0 Å². The number of carbonyl (C=O) groups is 1. The van der Waals surface area contributed by atoms with E-state index in [0.29, 0.717) is 0 Å². The minimum atomic E-state index is -3.96. The molecule has 0 aliphatic carbocycles. The summed E-state index contributed by atoms with van der Waals surface area (Å²) < 4.78 is 26.9. The number of nitrogens with zero attached hydrogens (tertiary/aromatic N) is 1. The van der Waals surface area contributed by atoms with Crippen LogP contribution in [0.5, 0.6) is 0 Å². The average Bonchev–Trinajstić information content (AvgIpc) is 2.27. The number of aromatic nitrogens is 1. The van der Waals surface area contributed by atoms with Crippen LogP contribution in [-0.4, -0.2) is 23.9 Å². The van der Waals surface area contributed by atoms with Crippen molar-refractivity contribution in [2.75, 3.05) is 4.72 Å². The van der Waals surface area contributed by atoms with Gasteiger partial charge in [-0.1, -0.05) is 0 Å². The van der Waals surface area contributed by atoms with Gasteiger partial charge in [-0.25, -0.2) is 9.93 Å². The maximum absolute atomic E-state index is 10.7. The van der Waals surface area contributed by atoms with E-state index in [1.165, 1.54) is 6.92 Å². The summed E-state index contributed by atoms with van der Waals surface area (Å²) >= 11 is 0.730. The Balaban J connectivity index is 3.17. The molecule has 1 aromatic heterocycles. The van der Waals surface area contributed by atoms with Crippen LogP contribution in [0.3, 0.4) is 0 Å². The van der Waals surface area contributed by atoms with Crippen LogP contribution < -0.4 is 9.86 Å². The van der Waals surface area contributed by atoms with E-state index >= 15 is 0 Å². The number of rotatable bonds is 3. The highest BCUT2D eigenvalue weighted by Gasteiger charge is 2.19. The Hall–Kier alpha value is -1.19. The molecule has 0 fully saturated rings. The minimum Gasteiger partial charge on any atom is -0.478 e. The van der Waals surface area contributed by atoms with Gasteiger partial charge in [0.25, 0.3) is 10.2 Å². The lowest BCUT2D eigenvalue weighted by molar-refractivity contribution is 0.0697. The summed E-state index contributed by atoms with van der Waals surface area (Å²) in [5.74, 6) is -1.25. The summed E-state index contributed by atoms with van der Waals surface area (Å²) in [7, 11) is -3.96. The lowest BCUT2D eigenvalue weighted by atomic mass is 10.2. The van der Waals surface area contributed by atoms with E-state index in [-0.39, 0.29) is 16.3 Å². The topological polar surface area (TPSA) is 122 Å².